The van der Waals surface area contributed by atoms with Gasteiger partial charge in [-0.3, -0.25) is 0 Å². The predicted molar refractivity (Wildman–Crippen MR) is 255 cm³/mol. The summed E-state index contributed by atoms with van der Waals surface area (Å²) in [5, 5.41) is 2.34. The van der Waals surface area contributed by atoms with Gasteiger partial charge in [0.1, 0.15) is 0 Å². The Morgan fingerprint density at radius 3 is 1.54 bits per heavy atom. The summed E-state index contributed by atoms with van der Waals surface area (Å²) in [7, 11) is 0. The van der Waals surface area contributed by atoms with E-state index in [-0.39, 0.29) is 5.41 Å². The average molecular weight is 779 g/mol. The first-order chi connectivity index (χ1) is 30.0. The standard InChI is InChI=1S/C59H42N2/c1-59(2)53-25-12-11-23-52(53)57-48(24-14-26-54(57)59)46-20-13-19-45(37-46)41-27-31-42(32-28-41)47-35-36-51(50-22-10-9-21-49(47)50)56-38-55(60-58(61-56)44-17-7-4-8-18-44)43-33-29-40(30-34-43)39-15-5-3-6-16-39/h3-38H,1-2H3. The van der Waals surface area contributed by atoms with Gasteiger partial charge in [0, 0.05) is 22.1 Å². The Kier molecular flexibility index (Phi) is 8.86. The maximum atomic E-state index is 5.22. The monoisotopic (exact) mass is 778 g/mol. The topological polar surface area (TPSA) is 25.8 Å². The maximum absolute atomic E-state index is 5.22. The molecule has 0 unspecified atom stereocenters. The van der Waals surface area contributed by atoms with Crippen LogP contribution in [0.25, 0.3) is 100 Å². The summed E-state index contributed by atoms with van der Waals surface area (Å²) in [6, 6.07) is 78.5. The maximum Gasteiger partial charge on any atom is 0.160 e. The summed E-state index contributed by atoms with van der Waals surface area (Å²) < 4.78 is 0. The molecule has 1 aromatic heterocycles. The molecular weight excluding hydrogens is 737 g/mol. The summed E-state index contributed by atoms with van der Waals surface area (Å²) >= 11 is 0. The highest BCUT2D eigenvalue weighted by Crippen LogP contribution is 2.52. The van der Waals surface area contributed by atoms with E-state index in [0.717, 1.165) is 33.5 Å². The van der Waals surface area contributed by atoms with Crippen LogP contribution in [0.5, 0.6) is 0 Å². The minimum Gasteiger partial charge on any atom is -0.228 e. The Morgan fingerprint density at radius 2 is 0.787 bits per heavy atom. The van der Waals surface area contributed by atoms with Gasteiger partial charge >= 0.3 is 0 Å². The van der Waals surface area contributed by atoms with E-state index >= 15 is 0 Å². The third-order valence-corrected chi connectivity index (χ3v) is 12.6. The lowest BCUT2D eigenvalue weighted by atomic mass is 9.82. The molecule has 9 aromatic carbocycles. The highest BCUT2D eigenvalue weighted by atomic mass is 14.9. The van der Waals surface area contributed by atoms with Crippen LogP contribution in [0.4, 0.5) is 0 Å². The fourth-order valence-corrected chi connectivity index (χ4v) is 9.39. The third-order valence-electron chi connectivity index (χ3n) is 12.6. The molecule has 1 aliphatic rings. The number of rotatable bonds is 7. The molecule has 0 bridgehead atoms. The quantitative estimate of drug-likeness (QED) is 0.161. The van der Waals surface area contributed by atoms with E-state index in [1.54, 1.807) is 0 Å². The highest BCUT2D eigenvalue weighted by molar-refractivity contribution is 6.05. The molecule has 0 aliphatic heterocycles. The van der Waals surface area contributed by atoms with Gasteiger partial charge in [-0.15, -0.1) is 0 Å². The van der Waals surface area contributed by atoms with Crippen molar-refractivity contribution in [3.05, 3.63) is 230 Å². The lowest BCUT2D eigenvalue weighted by Gasteiger charge is -2.21. The van der Waals surface area contributed by atoms with Crippen LogP contribution in [0.3, 0.4) is 0 Å². The number of nitrogens with zero attached hydrogens (tertiary/aromatic N) is 2. The Hall–Kier alpha value is -7.68. The van der Waals surface area contributed by atoms with Crippen LogP contribution < -0.4 is 0 Å². The van der Waals surface area contributed by atoms with Crippen molar-refractivity contribution in [3.63, 3.8) is 0 Å². The molecule has 0 fully saturated rings. The van der Waals surface area contributed by atoms with Gasteiger partial charge in [0.05, 0.1) is 11.4 Å². The molecule has 0 radical (unpaired) electrons. The first-order valence-electron chi connectivity index (χ1n) is 21.1. The van der Waals surface area contributed by atoms with Crippen molar-refractivity contribution in [2.45, 2.75) is 19.3 Å². The number of aromatic nitrogens is 2. The van der Waals surface area contributed by atoms with E-state index in [1.807, 2.05) is 24.3 Å². The summed E-state index contributed by atoms with van der Waals surface area (Å²) in [4.78, 5) is 10.3. The van der Waals surface area contributed by atoms with Gasteiger partial charge in [-0.2, -0.15) is 0 Å². The van der Waals surface area contributed by atoms with Gasteiger partial charge in [-0.1, -0.05) is 220 Å². The average Bonchev–Trinajstić information content (AvgIpc) is 3.57. The van der Waals surface area contributed by atoms with Crippen molar-refractivity contribution in [3.8, 4) is 89.5 Å². The zero-order valence-corrected chi connectivity index (χ0v) is 34.2. The molecule has 61 heavy (non-hydrogen) atoms. The Labute approximate surface area is 357 Å². The molecule has 0 spiro atoms. The smallest absolute Gasteiger partial charge is 0.160 e. The van der Waals surface area contributed by atoms with Crippen LogP contribution in [0.15, 0.2) is 218 Å². The summed E-state index contributed by atoms with van der Waals surface area (Å²) in [6.45, 7) is 4.69. The minimum absolute atomic E-state index is 0.0312. The SMILES string of the molecule is CC1(C)c2ccccc2-c2c(-c3cccc(-c4ccc(-c5ccc(-c6cc(-c7ccc(-c8ccccc8)cc7)nc(-c7ccccc7)n6)c6ccccc56)cc4)c3)cccc21. The third kappa shape index (κ3) is 6.45. The molecule has 288 valence electrons. The number of fused-ring (bicyclic) bond motifs is 4. The number of hydrogen-bond donors (Lipinski definition) is 0. The Morgan fingerprint density at radius 1 is 0.295 bits per heavy atom. The molecule has 1 aliphatic carbocycles. The van der Waals surface area contributed by atoms with Crippen LogP contribution in [0, 0.1) is 0 Å². The molecule has 0 N–H and O–H groups in total. The Bertz CT molecular complexity index is 3240. The normalized spacial score (nSPS) is 12.6. The molecule has 0 saturated heterocycles. The second-order valence-electron chi connectivity index (χ2n) is 16.5. The fourth-order valence-electron chi connectivity index (χ4n) is 9.39. The highest BCUT2D eigenvalue weighted by Gasteiger charge is 2.36. The molecule has 2 nitrogen and oxygen atoms in total. The molecule has 11 rings (SSSR count). The molecule has 1 heterocycles. The lowest BCUT2D eigenvalue weighted by Crippen LogP contribution is -2.14. The molecular formula is C59H42N2. The van der Waals surface area contributed by atoms with Gasteiger partial charge in [-0.25, -0.2) is 9.97 Å². The predicted octanol–water partition coefficient (Wildman–Crippen LogP) is 15.6. The zero-order chi connectivity index (χ0) is 40.9. The van der Waals surface area contributed by atoms with Crippen LogP contribution in [-0.2, 0) is 5.41 Å². The largest absolute Gasteiger partial charge is 0.228 e. The van der Waals surface area contributed by atoms with Crippen molar-refractivity contribution < 1.29 is 0 Å². The second-order valence-corrected chi connectivity index (χ2v) is 16.5. The lowest BCUT2D eigenvalue weighted by molar-refractivity contribution is 0.660. The van der Waals surface area contributed by atoms with Crippen LogP contribution in [-0.4, -0.2) is 9.97 Å². The summed E-state index contributed by atoms with van der Waals surface area (Å²) in [6.07, 6.45) is 0. The van der Waals surface area contributed by atoms with E-state index in [1.165, 1.54) is 72.1 Å². The molecule has 0 amide bonds. The van der Waals surface area contributed by atoms with Crippen LogP contribution in [0.2, 0.25) is 0 Å². The van der Waals surface area contributed by atoms with E-state index < -0.39 is 0 Å². The summed E-state index contributed by atoms with van der Waals surface area (Å²) in [5.74, 6) is 0.707. The van der Waals surface area contributed by atoms with E-state index in [0.29, 0.717) is 5.82 Å². The van der Waals surface area contributed by atoms with Crippen molar-refractivity contribution in [1.29, 1.82) is 0 Å². The molecule has 0 saturated carbocycles. The van der Waals surface area contributed by atoms with Gasteiger partial charge in [0.15, 0.2) is 5.82 Å². The minimum atomic E-state index is -0.0312. The summed E-state index contributed by atoms with van der Waals surface area (Å²) in [5.41, 5.74) is 20.0. The van der Waals surface area contributed by atoms with Crippen molar-refractivity contribution >= 4 is 10.8 Å². The van der Waals surface area contributed by atoms with Gasteiger partial charge in [-0.05, 0) is 89.7 Å². The van der Waals surface area contributed by atoms with Crippen molar-refractivity contribution in [2.24, 2.45) is 0 Å². The second kappa shape index (κ2) is 14.9. The molecule has 10 aromatic rings. The molecule has 0 atom stereocenters. The van der Waals surface area contributed by atoms with Gasteiger partial charge in [0.2, 0.25) is 0 Å². The number of hydrogen-bond acceptors (Lipinski definition) is 2. The van der Waals surface area contributed by atoms with E-state index in [2.05, 4.69) is 208 Å². The van der Waals surface area contributed by atoms with Crippen molar-refractivity contribution in [1.82, 2.24) is 9.97 Å². The zero-order valence-electron chi connectivity index (χ0n) is 34.2. The first kappa shape index (κ1) is 36.4. The first-order valence-corrected chi connectivity index (χ1v) is 21.1. The van der Waals surface area contributed by atoms with Crippen LogP contribution in [0.1, 0.15) is 25.0 Å². The van der Waals surface area contributed by atoms with Crippen molar-refractivity contribution in [2.75, 3.05) is 0 Å². The number of benzene rings is 9. The Balaban J connectivity index is 0.950. The van der Waals surface area contributed by atoms with Gasteiger partial charge in [0.25, 0.3) is 0 Å². The molecule has 2 heteroatoms. The fraction of sp³-hybridized carbons (Fsp3) is 0.0508. The van der Waals surface area contributed by atoms with E-state index in [9.17, 15) is 0 Å². The van der Waals surface area contributed by atoms with Gasteiger partial charge < -0.3 is 0 Å². The van der Waals surface area contributed by atoms with E-state index in [4.69, 9.17) is 9.97 Å². The van der Waals surface area contributed by atoms with Crippen LogP contribution >= 0.6 is 0 Å².